The number of hydrogen-bond donors (Lipinski definition) is 1. The quantitative estimate of drug-likeness (QED) is 0.734. The third kappa shape index (κ3) is 4.10. The van der Waals surface area contributed by atoms with Crippen LogP contribution in [0.1, 0.15) is 41.5 Å². The number of hydrogen-bond acceptors (Lipinski definition) is 2. The molecule has 0 aliphatic heterocycles. The van der Waals surface area contributed by atoms with Crippen LogP contribution < -0.4 is 0 Å². The number of rotatable bonds is 4. The van der Waals surface area contributed by atoms with Gasteiger partial charge < -0.3 is 9.84 Å². The number of aliphatic hydroxyl groups excluding tert-OH is 1. The first kappa shape index (κ1) is 12.9. The maximum atomic E-state index is 9.93. The molecular weight excluding hydrogens is 164 g/mol. The monoisotopic (exact) mass is 188 g/mol. The molecule has 2 atom stereocenters. The van der Waals surface area contributed by atoms with E-state index in [2.05, 4.69) is 20.8 Å². The van der Waals surface area contributed by atoms with E-state index in [1.165, 1.54) is 0 Å². The highest BCUT2D eigenvalue weighted by Crippen LogP contribution is 2.27. The molecule has 2 heteroatoms. The molecule has 0 spiro atoms. The summed E-state index contributed by atoms with van der Waals surface area (Å²) in [7, 11) is 0. The van der Waals surface area contributed by atoms with Crippen molar-refractivity contribution in [3.63, 3.8) is 0 Å². The summed E-state index contributed by atoms with van der Waals surface area (Å²) < 4.78 is 5.58. The molecule has 2 unspecified atom stereocenters. The van der Waals surface area contributed by atoms with Crippen molar-refractivity contribution in [1.82, 2.24) is 0 Å². The fourth-order valence-corrected chi connectivity index (χ4v) is 1.39. The predicted molar refractivity (Wildman–Crippen MR) is 55.7 cm³/mol. The van der Waals surface area contributed by atoms with Gasteiger partial charge in [0.25, 0.3) is 0 Å². The smallest absolute Gasteiger partial charge is 0.0884 e. The molecule has 0 aromatic rings. The second kappa shape index (κ2) is 4.97. The average molecular weight is 188 g/mol. The van der Waals surface area contributed by atoms with Crippen molar-refractivity contribution in [2.24, 2.45) is 11.3 Å². The molecule has 0 aromatic heterocycles. The van der Waals surface area contributed by atoms with Crippen LogP contribution in [0.3, 0.4) is 0 Å². The lowest BCUT2D eigenvalue weighted by molar-refractivity contribution is -0.103. The molecule has 0 aliphatic rings. The van der Waals surface area contributed by atoms with Gasteiger partial charge in [-0.15, -0.1) is 0 Å². The molecule has 1 N–H and O–H groups in total. The van der Waals surface area contributed by atoms with Crippen LogP contribution in [-0.4, -0.2) is 23.9 Å². The van der Waals surface area contributed by atoms with Crippen LogP contribution in [0.25, 0.3) is 0 Å². The van der Waals surface area contributed by atoms with Crippen molar-refractivity contribution in [3.05, 3.63) is 0 Å². The van der Waals surface area contributed by atoms with E-state index in [1.54, 1.807) is 0 Å². The van der Waals surface area contributed by atoms with Gasteiger partial charge in [0.1, 0.15) is 0 Å². The molecule has 0 rings (SSSR count). The third-order valence-electron chi connectivity index (χ3n) is 2.19. The first-order valence-electron chi connectivity index (χ1n) is 5.10. The van der Waals surface area contributed by atoms with Crippen LogP contribution in [0.5, 0.6) is 0 Å². The Morgan fingerprint density at radius 1 is 1.23 bits per heavy atom. The molecule has 2 nitrogen and oxygen atoms in total. The predicted octanol–water partition coefficient (Wildman–Crippen LogP) is 2.45. The van der Waals surface area contributed by atoms with E-state index < -0.39 is 0 Å². The van der Waals surface area contributed by atoms with Crippen molar-refractivity contribution in [3.8, 4) is 0 Å². The summed E-state index contributed by atoms with van der Waals surface area (Å²) in [5.41, 5.74) is -0.000301. The van der Waals surface area contributed by atoms with Crippen molar-refractivity contribution < 1.29 is 9.84 Å². The molecule has 0 bridgehead atoms. The lowest BCUT2D eigenvalue weighted by Crippen LogP contribution is -2.42. The molecule has 13 heavy (non-hydrogen) atoms. The van der Waals surface area contributed by atoms with Crippen LogP contribution in [0, 0.1) is 11.3 Å². The summed E-state index contributed by atoms with van der Waals surface area (Å²) in [4.78, 5) is 0. The molecule has 0 saturated heterocycles. The van der Waals surface area contributed by atoms with E-state index in [4.69, 9.17) is 4.74 Å². The van der Waals surface area contributed by atoms with Crippen molar-refractivity contribution in [1.29, 1.82) is 0 Å². The Balaban J connectivity index is 4.41. The average Bonchev–Trinajstić information content (AvgIpc) is 1.96. The van der Waals surface area contributed by atoms with Gasteiger partial charge in [0.15, 0.2) is 0 Å². The molecule has 0 radical (unpaired) electrons. The Morgan fingerprint density at radius 3 is 1.92 bits per heavy atom. The van der Waals surface area contributed by atoms with E-state index in [0.29, 0.717) is 6.61 Å². The fourth-order valence-electron chi connectivity index (χ4n) is 1.39. The Kier molecular flexibility index (Phi) is 4.93. The zero-order valence-electron chi connectivity index (χ0n) is 9.79. The third-order valence-corrected chi connectivity index (χ3v) is 2.19. The zero-order chi connectivity index (χ0) is 10.6. The summed E-state index contributed by atoms with van der Waals surface area (Å²) in [5, 5.41) is 9.93. The Hall–Kier alpha value is -0.0800. The highest BCUT2D eigenvalue weighted by atomic mass is 16.5. The fraction of sp³-hybridized carbons (Fsp3) is 1.00. The van der Waals surface area contributed by atoms with Gasteiger partial charge >= 0.3 is 0 Å². The van der Waals surface area contributed by atoms with Gasteiger partial charge in [-0.05, 0) is 18.3 Å². The van der Waals surface area contributed by atoms with Crippen molar-refractivity contribution >= 4 is 0 Å². The first-order chi connectivity index (χ1) is 5.80. The first-order valence-corrected chi connectivity index (χ1v) is 5.10. The summed E-state index contributed by atoms with van der Waals surface area (Å²) >= 11 is 0. The minimum atomic E-state index is -0.375. The summed E-state index contributed by atoms with van der Waals surface area (Å²) in [5.74, 6) is 0.246. The van der Waals surface area contributed by atoms with Gasteiger partial charge in [-0.3, -0.25) is 0 Å². The minimum Gasteiger partial charge on any atom is -0.390 e. The van der Waals surface area contributed by atoms with Gasteiger partial charge in [-0.1, -0.05) is 34.6 Å². The SMILES string of the molecule is CCOC(C(O)C(C)C)C(C)(C)C. The van der Waals surface area contributed by atoms with Crippen molar-refractivity contribution in [2.75, 3.05) is 6.61 Å². The van der Waals surface area contributed by atoms with E-state index in [9.17, 15) is 5.11 Å². The van der Waals surface area contributed by atoms with Crippen LogP contribution in [0.2, 0.25) is 0 Å². The highest BCUT2D eigenvalue weighted by Gasteiger charge is 2.33. The van der Waals surface area contributed by atoms with E-state index in [-0.39, 0.29) is 23.5 Å². The van der Waals surface area contributed by atoms with Gasteiger partial charge in [0.05, 0.1) is 12.2 Å². The molecule has 0 fully saturated rings. The van der Waals surface area contributed by atoms with E-state index in [1.807, 2.05) is 20.8 Å². The van der Waals surface area contributed by atoms with Crippen LogP contribution in [0.15, 0.2) is 0 Å². The molecule has 80 valence electrons. The molecule has 0 amide bonds. The minimum absolute atomic E-state index is 0.000301. The number of ether oxygens (including phenoxy) is 1. The van der Waals surface area contributed by atoms with E-state index >= 15 is 0 Å². The molecule has 0 aliphatic carbocycles. The Morgan fingerprint density at radius 2 is 1.69 bits per heavy atom. The van der Waals surface area contributed by atoms with Crippen LogP contribution >= 0.6 is 0 Å². The lowest BCUT2D eigenvalue weighted by atomic mass is 9.82. The van der Waals surface area contributed by atoms with Crippen molar-refractivity contribution in [2.45, 2.75) is 53.8 Å². The highest BCUT2D eigenvalue weighted by molar-refractivity contribution is 4.82. The lowest BCUT2D eigenvalue weighted by Gasteiger charge is -2.35. The maximum Gasteiger partial charge on any atom is 0.0884 e. The summed E-state index contributed by atoms with van der Waals surface area (Å²) in [6, 6.07) is 0. The summed E-state index contributed by atoms with van der Waals surface area (Å²) in [6.45, 7) is 12.9. The maximum absolute atomic E-state index is 9.93. The van der Waals surface area contributed by atoms with Gasteiger partial charge in [-0.2, -0.15) is 0 Å². The standard InChI is InChI=1S/C11H24O2/c1-7-13-10(11(4,5)6)9(12)8(2)3/h8-10,12H,7H2,1-6H3. The Labute approximate surface area is 82.3 Å². The Bertz CT molecular complexity index is 136. The normalized spacial score (nSPS) is 17.5. The summed E-state index contributed by atoms with van der Waals surface area (Å²) in [6.07, 6.45) is -0.447. The molecule has 0 saturated carbocycles. The van der Waals surface area contributed by atoms with Gasteiger partial charge in [-0.25, -0.2) is 0 Å². The second-order valence-corrected chi connectivity index (χ2v) is 4.98. The van der Waals surface area contributed by atoms with Gasteiger partial charge in [0.2, 0.25) is 0 Å². The zero-order valence-corrected chi connectivity index (χ0v) is 9.79. The van der Waals surface area contributed by atoms with E-state index in [0.717, 1.165) is 0 Å². The molecule has 0 heterocycles. The van der Waals surface area contributed by atoms with Crippen LogP contribution in [0.4, 0.5) is 0 Å². The van der Waals surface area contributed by atoms with Crippen LogP contribution in [-0.2, 0) is 4.74 Å². The molecular formula is C11H24O2. The largest absolute Gasteiger partial charge is 0.390 e. The molecule has 0 aromatic carbocycles. The second-order valence-electron chi connectivity index (χ2n) is 4.98. The van der Waals surface area contributed by atoms with Gasteiger partial charge in [0, 0.05) is 6.61 Å². The number of aliphatic hydroxyl groups is 1. The topological polar surface area (TPSA) is 29.5 Å².